The normalized spacial score (nSPS) is 11.6. The van der Waals surface area contributed by atoms with E-state index >= 15 is 0 Å². The van der Waals surface area contributed by atoms with Gasteiger partial charge in [0.25, 0.3) is 11.6 Å². The van der Waals surface area contributed by atoms with E-state index in [-0.39, 0.29) is 17.7 Å². The lowest BCUT2D eigenvalue weighted by atomic mass is 10.0. The lowest BCUT2D eigenvalue weighted by molar-refractivity contribution is -0.384. The summed E-state index contributed by atoms with van der Waals surface area (Å²) in [4.78, 5) is 33.3. The molecule has 2 rings (SSSR count). The van der Waals surface area contributed by atoms with Crippen LogP contribution in [0.15, 0.2) is 42.5 Å². The molecule has 0 aliphatic rings. The third-order valence-corrected chi connectivity index (χ3v) is 3.32. The summed E-state index contributed by atoms with van der Waals surface area (Å²) in [5.41, 5.74) is -0.0777. The summed E-state index contributed by atoms with van der Waals surface area (Å²) in [5.74, 6) is -4.24. The second kappa shape index (κ2) is 7.47. The lowest BCUT2D eigenvalue weighted by Gasteiger charge is -2.15. The monoisotopic (exact) mass is 350 g/mol. The van der Waals surface area contributed by atoms with Gasteiger partial charge in [-0.1, -0.05) is 12.1 Å². The maximum Gasteiger partial charge on any atom is 0.326 e. The maximum atomic E-state index is 13.1. The van der Waals surface area contributed by atoms with Gasteiger partial charge in [0, 0.05) is 30.2 Å². The van der Waals surface area contributed by atoms with Gasteiger partial charge in [-0.15, -0.1) is 0 Å². The van der Waals surface area contributed by atoms with Gasteiger partial charge in [0.15, 0.2) is 0 Å². The Morgan fingerprint density at radius 1 is 1.12 bits per heavy atom. The molecule has 0 saturated heterocycles. The molecule has 130 valence electrons. The van der Waals surface area contributed by atoms with Crippen LogP contribution in [-0.4, -0.2) is 27.9 Å². The van der Waals surface area contributed by atoms with Crippen LogP contribution in [-0.2, 0) is 11.2 Å². The second-order valence-corrected chi connectivity index (χ2v) is 5.15. The Kier molecular flexibility index (Phi) is 5.38. The SMILES string of the molecule is O=C(N[C@H](Cc1ccc([N+](=O)[O-])cc1)C(=O)O)c1cc(F)cc(F)c1. The number of benzene rings is 2. The number of carbonyl (C=O) groups excluding carboxylic acids is 1. The van der Waals surface area contributed by atoms with Crippen LogP contribution in [0.4, 0.5) is 14.5 Å². The van der Waals surface area contributed by atoms with Crippen molar-refractivity contribution in [3.63, 3.8) is 0 Å². The number of nitro benzene ring substituents is 1. The van der Waals surface area contributed by atoms with Gasteiger partial charge in [-0.3, -0.25) is 14.9 Å². The van der Waals surface area contributed by atoms with Crippen LogP contribution in [0.5, 0.6) is 0 Å². The highest BCUT2D eigenvalue weighted by molar-refractivity contribution is 5.96. The fraction of sp³-hybridized carbons (Fsp3) is 0.125. The van der Waals surface area contributed by atoms with Crippen molar-refractivity contribution < 1.29 is 28.4 Å². The van der Waals surface area contributed by atoms with Crippen molar-refractivity contribution in [2.24, 2.45) is 0 Å². The molecule has 0 aliphatic carbocycles. The number of nitrogens with one attached hydrogen (secondary N) is 1. The number of halogens is 2. The zero-order valence-electron chi connectivity index (χ0n) is 12.6. The molecule has 25 heavy (non-hydrogen) atoms. The predicted octanol–water partition coefficient (Wildman–Crippen LogP) is 2.30. The highest BCUT2D eigenvalue weighted by Gasteiger charge is 2.22. The van der Waals surface area contributed by atoms with E-state index in [1.807, 2.05) is 0 Å². The van der Waals surface area contributed by atoms with Crippen molar-refractivity contribution in [1.29, 1.82) is 0 Å². The van der Waals surface area contributed by atoms with Crippen molar-refractivity contribution in [3.8, 4) is 0 Å². The van der Waals surface area contributed by atoms with Crippen LogP contribution in [0, 0.1) is 21.7 Å². The number of carboxylic acid groups (broad SMARTS) is 1. The summed E-state index contributed by atoms with van der Waals surface area (Å²) in [7, 11) is 0. The molecule has 0 spiro atoms. The summed E-state index contributed by atoms with van der Waals surface area (Å²) in [6.07, 6.45) is -0.156. The third-order valence-electron chi connectivity index (χ3n) is 3.32. The van der Waals surface area contributed by atoms with E-state index < -0.39 is 34.5 Å². The van der Waals surface area contributed by atoms with Crippen LogP contribution in [0.3, 0.4) is 0 Å². The first-order chi connectivity index (χ1) is 11.8. The number of aliphatic carboxylic acids is 1. The van der Waals surface area contributed by atoms with Crippen molar-refractivity contribution in [1.82, 2.24) is 5.32 Å². The molecule has 2 aromatic rings. The van der Waals surface area contributed by atoms with Crippen molar-refractivity contribution in [2.75, 3.05) is 0 Å². The molecule has 0 aliphatic heterocycles. The zero-order valence-corrected chi connectivity index (χ0v) is 12.6. The van der Waals surface area contributed by atoms with Gasteiger partial charge in [-0.25, -0.2) is 13.6 Å². The van der Waals surface area contributed by atoms with E-state index in [1.54, 1.807) is 0 Å². The van der Waals surface area contributed by atoms with Crippen LogP contribution in [0.2, 0.25) is 0 Å². The minimum absolute atomic E-state index is 0.156. The molecule has 1 atom stereocenters. The van der Waals surface area contributed by atoms with Gasteiger partial charge in [0.05, 0.1) is 4.92 Å². The zero-order chi connectivity index (χ0) is 18.6. The molecule has 0 unspecified atom stereocenters. The number of hydrogen-bond acceptors (Lipinski definition) is 4. The van der Waals surface area contributed by atoms with E-state index in [0.717, 1.165) is 12.1 Å². The number of nitro groups is 1. The van der Waals surface area contributed by atoms with E-state index in [2.05, 4.69) is 5.32 Å². The summed E-state index contributed by atoms with van der Waals surface area (Å²) in [5, 5.41) is 22.0. The van der Waals surface area contributed by atoms with Gasteiger partial charge in [0.1, 0.15) is 17.7 Å². The van der Waals surface area contributed by atoms with Gasteiger partial charge < -0.3 is 10.4 Å². The highest BCUT2D eigenvalue weighted by Crippen LogP contribution is 2.14. The molecule has 2 N–H and O–H groups in total. The molecule has 0 saturated carbocycles. The second-order valence-electron chi connectivity index (χ2n) is 5.15. The summed E-state index contributed by atoms with van der Waals surface area (Å²) in [6, 6.07) is 5.91. The smallest absolute Gasteiger partial charge is 0.326 e. The topological polar surface area (TPSA) is 110 Å². The first-order valence-corrected chi connectivity index (χ1v) is 6.99. The molecular formula is C16H12F2N2O5. The fourth-order valence-corrected chi connectivity index (χ4v) is 2.12. The molecule has 9 heteroatoms. The van der Waals surface area contributed by atoms with Gasteiger partial charge >= 0.3 is 5.97 Å². The van der Waals surface area contributed by atoms with Crippen LogP contribution in [0.25, 0.3) is 0 Å². The molecular weight excluding hydrogens is 338 g/mol. The number of rotatable bonds is 6. The summed E-state index contributed by atoms with van der Waals surface area (Å²) < 4.78 is 26.3. The summed E-state index contributed by atoms with van der Waals surface area (Å²) >= 11 is 0. The number of hydrogen-bond donors (Lipinski definition) is 2. The van der Waals surface area contributed by atoms with E-state index in [1.165, 1.54) is 24.3 Å². The fourth-order valence-electron chi connectivity index (χ4n) is 2.12. The van der Waals surface area contributed by atoms with Crippen molar-refractivity contribution >= 4 is 17.6 Å². The Balaban J connectivity index is 2.13. The average molecular weight is 350 g/mol. The molecule has 0 radical (unpaired) electrons. The van der Waals surface area contributed by atoms with Crippen molar-refractivity contribution in [2.45, 2.75) is 12.5 Å². The van der Waals surface area contributed by atoms with E-state index in [9.17, 15) is 33.6 Å². The van der Waals surface area contributed by atoms with Crippen LogP contribution < -0.4 is 5.32 Å². The molecule has 2 aromatic carbocycles. The largest absolute Gasteiger partial charge is 0.480 e. The Labute approximate surface area is 140 Å². The molecule has 0 bridgehead atoms. The first-order valence-electron chi connectivity index (χ1n) is 6.99. The minimum Gasteiger partial charge on any atom is -0.480 e. The van der Waals surface area contributed by atoms with Crippen molar-refractivity contribution in [3.05, 3.63) is 75.3 Å². The number of non-ortho nitro benzene ring substituents is 1. The quantitative estimate of drug-likeness (QED) is 0.614. The molecule has 1 amide bonds. The molecule has 7 nitrogen and oxygen atoms in total. The van der Waals surface area contributed by atoms with Crippen LogP contribution >= 0.6 is 0 Å². The third kappa shape index (κ3) is 4.80. The Morgan fingerprint density at radius 2 is 1.68 bits per heavy atom. The average Bonchev–Trinajstić information content (AvgIpc) is 2.53. The van der Waals surface area contributed by atoms with Gasteiger partial charge in [-0.05, 0) is 17.7 Å². The Morgan fingerprint density at radius 3 is 2.16 bits per heavy atom. The standard InChI is InChI=1S/C16H12F2N2O5/c17-11-6-10(7-12(18)8-11)15(21)19-14(16(22)23)5-9-1-3-13(4-2-9)20(24)25/h1-4,6-8,14H,5H2,(H,19,21)(H,22,23)/t14-/m1/s1. The Bertz CT molecular complexity index is 804. The summed E-state index contributed by atoms with van der Waals surface area (Å²) in [6.45, 7) is 0. The number of carboxylic acids is 1. The van der Waals surface area contributed by atoms with Gasteiger partial charge in [0.2, 0.25) is 0 Å². The highest BCUT2D eigenvalue weighted by atomic mass is 19.1. The van der Waals surface area contributed by atoms with E-state index in [0.29, 0.717) is 11.6 Å². The molecule has 0 aromatic heterocycles. The minimum atomic E-state index is -1.37. The van der Waals surface area contributed by atoms with Gasteiger partial charge in [-0.2, -0.15) is 0 Å². The van der Waals surface area contributed by atoms with Crippen LogP contribution in [0.1, 0.15) is 15.9 Å². The predicted molar refractivity (Wildman–Crippen MR) is 82.0 cm³/mol. The lowest BCUT2D eigenvalue weighted by Crippen LogP contribution is -2.42. The number of nitrogens with zero attached hydrogens (tertiary/aromatic N) is 1. The Hall–Kier alpha value is -3.36. The van der Waals surface area contributed by atoms with E-state index in [4.69, 9.17) is 0 Å². The first kappa shape index (κ1) is 18.0. The molecule has 0 heterocycles. The maximum absolute atomic E-state index is 13.1. The molecule has 0 fully saturated rings. The number of amides is 1. The number of carbonyl (C=O) groups is 2.